The van der Waals surface area contributed by atoms with Gasteiger partial charge in [-0.1, -0.05) is 37.3 Å². The summed E-state index contributed by atoms with van der Waals surface area (Å²) in [5.74, 6) is 2.29. The molecule has 1 N–H and O–H groups in total. The molecule has 2 aromatic carbocycles. The van der Waals surface area contributed by atoms with Crippen LogP contribution in [0.4, 0.5) is 0 Å². The third kappa shape index (κ3) is 3.62. The molecule has 0 aliphatic carbocycles. The number of fused-ring (bicyclic) bond motifs is 4. The average molecular weight is 418 g/mol. The first-order valence-corrected chi connectivity index (χ1v) is 11.6. The van der Waals surface area contributed by atoms with Crippen LogP contribution in [0.5, 0.6) is 5.75 Å². The summed E-state index contributed by atoms with van der Waals surface area (Å²) in [6.07, 6.45) is 4.93. The molecule has 3 saturated heterocycles. The SMILES string of the molecule is CCC1C[N+]2(Cc3ccccc3)CCC1C[C@@H]2[C@@H](O)c1ccnc2ccc(OC)cc12. The molecule has 0 amide bonds. The van der Waals surface area contributed by atoms with Gasteiger partial charge in [-0.05, 0) is 42.2 Å². The number of nitrogens with zero attached hydrogens (tertiary/aromatic N) is 2. The van der Waals surface area contributed by atoms with Gasteiger partial charge in [0.2, 0.25) is 0 Å². The van der Waals surface area contributed by atoms with Gasteiger partial charge in [-0.25, -0.2) is 0 Å². The Balaban J connectivity index is 1.55. The highest BCUT2D eigenvalue weighted by Crippen LogP contribution is 2.48. The fourth-order valence-corrected chi connectivity index (χ4v) is 6.35. The Morgan fingerprint density at radius 1 is 1.16 bits per heavy atom. The maximum Gasteiger partial charge on any atom is 0.131 e. The topological polar surface area (TPSA) is 42.4 Å². The van der Waals surface area contributed by atoms with Gasteiger partial charge in [-0.15, -0.1) is 0 Å². The standard InChI is InChI=1S/C27H33N2O2/c1-3-20-18-29(17-19-7-5-4-6-8-19)14-12-21(20)15-26(29)27(30)23-11-13-28-25-10-9-22(31-2)16-24(23)25/h4-11,13,16,20-21,26-27,30H,3,12,14-15,17-18H2,1-2H3/q+1/t20?,21?,26-,27+,29?/m1/s1. The van der Waals surface area contributed by atoms with E-state index in [2.05, 4.69) is 42.2 Å². The molecule has 5 atom stereocenters. The van der Waals surface area contributed by atoms with E-state index >= 15 is 0 Å². The van der Waals surface area contributed by atoms with Gasteiger partial charge in [0.25, 0.3) is 0 Å². The minimum absolute atomic E-state index is 0.207. The first-order chi connectivity index (χ1) is 15.1. The molecule has 0 saturated carbocycles. The summed E-state index contributed by atoms with van der Waals surface area (Å²) in [5.41, 5.74) is 3.27. The number of aromatic nitrogens is 1. The Labute approximate surface area is 185 Å². The van der Waals surface area contributed by atoms with E-state index in [1.807, 2.05) is 30.5 Å². The molecule has 1 aromatic heterocycles. The van der Waals surface area contributed by atoms with Crippen LogP contribution in [-0.2, 0) is 6.54 Å². The number of rotatable bonds is 6. The molecule has 4 heterocycles. The first kappa shape index (κ1) is 20.5. The minimum atomic E-state index is -0.512. The van der Waals surface area contributed by atoms with Crippen LogP contribution in [0.15, 0.2) is 60.8 Å². The maximum absolute atomic E-state index is 11.8. The van der Waals surface area contributed by atoms with E-state index in [4.69, 9.17) is 4.74 Å². The number of quaternary nitrogens is 1. The summed E-state index contributed by atoms with van der Waals surface area (Å²) in [6.45, 7) is 5.66. The van der Waals surface area contributed by atoms with Crippen molar-refractivity contribution in [3.05, 3.63) is 71.9 Å². The zero-order valence-corrected chi connectivity index (χ0v) is 18.6. The van der Waals surface area contributed by atoms with E-state index in [1.54, 1.807) is 7.11 Å². The van der Waals surface area contributed by atoms with Crippen LogP contribution >= 0.6 is 0 Å². The van der Waals surface area contributed by atoms with Gasteiger partial charge >= 0.3 is 0 Å². The number of benzene rings is 2. The highest BCUT2D eigenvalue weighted by Gasteiger charge is 2.54. The number of methoxy groups -OCH3 is 1. The predicted octanol–water partition coefficient (Wildman–Crippen LogP) is 5.11. The molecule has 6 rings (SSSR count). The molecule has 3 aliphatic heterocycles. The second-order valence-corrected chi connectivity index (χ2v) is 9.52. The van der Waals surface area contributed by atoms with Crippen LogP contribution in [0.3, 0.4) is 0 Å². The predicted molar refractivity (Wildman–Crippen MR) is 124 cm³/mol. The van der Waals surface area contributed by atoms with Crippen molar-refractivity contribution in [1.29, 1.82) is 0 Å². The van der Waals surface area contributed by atoms with Crippen molar-refractivity contribution >= 4 is 10.9 Å². The second kappa shape index (κ2) is 8.25. The van der Waals surface area contributed by atoms with Gasteiger partial charge in [-0.2, -0.15) is 0 Å². The van der Waals surface area contributed by atoms with Crippen LogP contribution in [0.1, 0.15) is 43.4 Å². The van der Waals surface area contributed by atoms with Crippen LogP contribution in [0.25, 0.3) is 10.9 Å². The van der Waals surface area contributed by atoms with E-state index in [0.717, 1.165) is 58.0 Å². The summed E-state index contributed by atoms with van der Waals surface area (Å²) in [4.78, 5) is 4.53. The highest BCUT2D eigenvalue weighted by atomic mass is 16.5. The lowest BCUT2D eigenvalue weighted by atomic mass is 9.70. The second-order valence-electron chi connectivity index (χ2n) is 9.52. The first-order valence-electron chi connectivity index (χ1n) is 11.6. The van der Waals surface area contributed by atoms with Crippen molar-refractivity contribution in [3.63, 3.8) is 0 Å². The Bertz CT molecular complexity index is 1050. The minimum Gasteiger partial charge on any atom is -0.497 e. The molecule has 4 nitrogen and oxygen atoms in total. The van der Waals surface area contributed by atoms with Crippen molar-refractivity contribution < 1.29 is 14.3 Å². The average Bonchev–Trinajstić information content (AvgIpc) is 2.83. The number of ether oxygens (including phenoxy) is 1. The van der Waals surface area contributed by atoms with Crippen molar-refractivity contribution in [2.24, 2.45) is 11.8 Å². The highest BCUT2D eigenvalue weighted by molar-refractivity contribution is 5.83. The molecule has 0 spiro atoms. The van der Waals surface area contributed by atoms with Gasteiger partial charge in [0.1, 0.15) is 24.4 Å². The van der Waals surface area contributed by atoms with Gasteiger partial charge in [0, 0.05) is 35.9 Å². The number of hydrogen-bond acceptors (Lipinski definition) is 3. The smallest absolute Gasteiger partial charge is 0.131 e. The lowest BCUT2D eigenvalue weighted by Crippen LogP contribution is -2.67. The molecule has 0 radical (unpaired) electrons. The molecule has 4 heteroatoms. The van der Waals surface area contributed by atoms with E-state index in [9.17, 15) is 5.11 Å². The number of aliphatic hydroxyl groups excluding tert-OH is 1. The van der Waals surface area contributed by atoms with Gasteiger partial charge in [0.05, 0.1) is 25.7 Å². The molecule has 2 bridgehead atoms. The molecule has 3 unspecified atom stereocenters. The molecular weight excluding hydrogens is 384 g/mol. The summed E-state index contributed by atoms with van der Waals surface area (Å²) in [7, 11) is 1.68. The largest absolute Gasteiger partial charge is 0.497 e. The number of hydrogen-bond donors (Lipinski definition) is 1. The molecule has 3 fully saturated rings. The van der Waals surface area contributed by atoms with Crippen LogP contribution in [0.2, 0.25) is 0 Å². The summed E-state index contributed by atoms with van der Waals surface area (Å²) >= 11 is 0. The zero-order chi connectivity index (χ0) is 21.4. The Morgan fingerprint density at radius 3 is 2.77 bits per heavy atom. The van der Waals surface area contributed by atoms with Crippen LogP contribution < -0.4 is 4.74 Å². The van der Waals surface area contributed by atoms with Crippen molar-refractivity contribution in [2.45, 2.75) is 44.9 Å². The summed E-state index contributed by atoms with van der Waals surface area (Å²) in [5, 5.41) is 12.8. The van der Waals surface area contributed by atoms with Crippen LogP contribution in [0, 0.1) is 11.8 Å². The summed E-state index contributed by atoms with van der Waals surface area (Å²) < 4.78 is 6.46. The van der Waals surface area contributed by atoms with Gasteiger partial charge in [0.15, 0.2) is 0 Å². The van der Waals surface area contributed by atoms with Crippen molar-refractivity contribution in [1.82, 2.24) is 4.98 Å². The van der Waals surface area contributed by atoms with Gasteiger partial charge < -0.3 is 14.3 Å². The normalized spacial score (nSPS) is 28.5. The van der Waals surface area contributed by atoms with Crippen molar-refractivity contribution in [2.75, 3.05) is 20.2 Å². The Hall–Kier alpha value is -2.43. The third-order valence-electron chi connectivity index (χ3n) is 7.99. The van der Waals surface area contributed by atoms with Crippen LogP contribution in [-0.4, -0.2) is 40.8 Å². The van der Waals surface area contributed by atoms with Gasteiger partial charge in [-0.3, -0.25) is 4.98 Å². The molecule has 3 aromatic rings. The molecule has 3 aliphatic rings. The van der Waals surface area contributed by atoms with Crippen molar-refractivity contribution in [3.8, 4) is 5.75 Å². The Kier molecular flexibility index (Phi) is 5.45. The van der Waals surface area contributed by atoms with E-state index in [1.165, 1.54) is 24.9 Å². The quantitative estimate of drug-likeness (QED) is 0.567. The maximum atomic E-state index is 11.8. The van der Waals surface area contributed by atoms with E-state index in [-0.39, 0.29) is 6.04 Å². The van der Waals surface area contributed by atoms with E-state index in [0.29, 0.717) is 0 Å². The third-order valence-corrected chi connectivity index (χ3v) is 7.99. The molecule has 162 valence electrons. The molecule has 31 heavy (non-hydrogen) atoms. The zero-order valence-electron chi connectivity index (χ0n) is 18.6. The number of pyridine rings is 1. The number of piperidine rings is 3. The fourth-order valence-electron chi connectivity index (χ4n) is 6.35. The molecular formula is C27H33N2O2+. The monoisotopic (exact) mass is 417 g/mol. The Morgan fingerprint density at radius 2 is 2.00 bits per heavy atom. The lowest BCUT2D eigenvalue weighted by molar-refractivity contribution is -0.985. The van der Waals surface area contributed by atoms with E-state index < -0.39 is 6.10 Å². The number of aliphatic hydroxyl groups is 1. The summed E-state index contributed by atoms with van der Waals surface area (Å²) in [6, 6.07) is 19.0. The fraction of sp³-hybridized carbons (Fsp3) is 0.444. The lowest BCUT2D eigenvalue weighted by Gasteiger charge is -2.58.